The maximum absolute atomic E-state index is 6.46. The van der Waals surface area contributed by atoms with Gasteiger partial charge < -0.3 is 27.8 Å². The number of benzene rings is 19. The lowest BCUT2D eigenvalue weighted by Gasteiger charge is -2.32. The SMILES string of the molecule is c1ccc(-c2nc(-c3ccccc3)nc(-c3ccc(-n4c5ccccc5c5c6oc7ccccc7c6ccc54)cc3)n2)cc1.c1ccc(-c2nc(-c3ccccc3)nc(-c3ccc(-n4c5ccccc5c5cc(-c6ccc7c(c6)c6ccccc6n7-c6ccccc6)ccc54)cc3)n2)cc1.c1ccc(-c2nc(-c3ccccc3)nc(-c3ccc(N4c5ccccc5Oc5ccccc54)cc3)n2)cc1. The number of fused-ring (bicyclic) bond motifs is 15. The molecule has 15 nitrogen and oxygen atoms in total. The van der Waals surface area contributed by atoms with E-state index in [0.29, 0.717) is 52.4 Å². The lowest BCUT2D eigenvalue weighted by Crippen LogP contribution is -2.15. The van der Waals surface area contributed by atoms with Gasteiger partial charge in [0, 0.05) is 111 Å². The molecule has 26 aromatic rings. The van der Waals surface area contributed by atoms with Crippen molar-refractivity contribution in [1.29, 1.82) is 0 Å². The van der Waals surface area contributed by atoms with Gasteiger partial charge in [-0.2, -0.15) is 0 Å². The predicted molar refractivity (Wildman–Crippen MR) is 559 cm³/mol. The minimum Gasteiger partial charge on any atom is -0.455 e. The number of furan rings is 1. The number of hydrogen-bond acceptors (Lipinski definition) is 12. The highest BCUT2D eigenvalue weighted by Gasteiger charge is 2.28. The van der Waals surface area contributed by atoms with Crippen molar-refractivity contribution in [1.82, 2.24) is 58.6 Å². The van der Waals surface area contributed by atoms with E-state index in [0.717, 1.165) is 150 Å². The fraction of sp³-hybridized carbons (Fsp3) is 0. The van der Waals surface area contributed by atoms with Gasteiger partial charge in [-0.1, -0.05) is 309 Å². The summed E-state index contributed by atoms with van der Waals surface area (Å²) in [5, 5.41) is 9.47. The summed E-state index contributed by atoms with van der Waals surface area (Å²) in [7, 11) is 0. The van der Waals surface area contributed by atoms with Crippen LogP contribution in [0.15, 0.2) is 484 Å². The Kier molecular flexibility index (Phi) is 20.5. The summed E-state index contributed by atoms with van der Waals surface area (Å²) in [6.45, 7) is 0. The largest absolute Gasteiger partial charge is 0.455 e. The number of para-hydroxylation sites is 9. The molecule has 1 aliphatic rings. The van der Waals surface area contributed by atoms with Crippen LogP contribution in [-0.4, -0.2) is 58.6 Å². The molecule has 648 valence electrons. The Balaban J connectivity index is 0.000000112. The van der Waals surface area contributed by atoms with E-state index in [1.165, 1.54) is 43.7 Å². The van der Waals surface area contributed by atoms with Crippen LogP contribution in [0.5, 0.6) is 11.5 Å². The molecule has 0 spiro atoms. The molecule has 0 amide bonds. The van der Waals surface area contributed by atoms with Gasteiger partial charge >= 0.3 is 0 Å². The van der Waals surface area contributed by atoms with E-state index in [1.807, 2.05) is 231 Å². The fourth-order valence-electron chi connectivity index (χ4n) is 19.0. The number of hydrogen-bond donors (Lipinski definition) is 0. The molecule has 0 fully saturated rings. The van der Waals surface area contributed by atoms with E-state index >= 15 is 0 Å². The second-order valence-corrected chi connectivity index (χ2v) is 33.9. The normalized spacial score (nSPS) is 11.7. The molecule has 0 aliphatic carbocycles. The zero-order valence-electron chi connectivity index (χ0n) is 74.2. The summed E-state index contributed by atoms with van der Waals surface area (Å²) in [5.74, 6) is 7.45. The smallest absolute Gasteiger partial charge is 0.164 e. The van der Waals surface area contributed by atoms with Gasteiger partial charge in [0.15, 0.2) is 63.9 Å². The van der Waals surface area contributed by atoms with Crippen molar-refractivity contribution in [2.45, 2.75) is 0 Å². The number of aromatic nitrogens is 12. The summed E-state index contributed by atoms with van der Waals surface area (Å²) >= 11 is 0. The Morgan fingerprint density at radius 2 is 0.428 bits per heavy atom. The molecular formula is C123H79N13O2. The molecule has 0 N–H and O–H groups in total. The quantitative estimate of drug-likeness (QED) is 0.102. The lowest BCUT2D eigenvalue weighted by molar-refractivity contribution is 0.477. The van der Waals surface area contributed by atoms with E-state index in [9.17, 15) is 0 Å². The minimum absolute atomic E-state index is 0.632. The van der Waals surface area contributed by atoms with Crippen LogP contribution in [0, 0.1) is 0 Å². The Morgan fingerprint density at radius 1 is 0.167 bits per heavy atom. The van der Waals surface area contributed by atoms with Crippen LogP contribution in [-0.2, 0) is 0 Å². The van der Waals surface area contributed by atoms with E-state index in [4.69, 9.17) is 54.0 Å². The number of ether oxygens (including phenoxy) is 1. The maximum atomic E-state index is 6.46. The highest BCUT2D eigenvalue weighted by molar-refractivity contribution is 6.24. The molecule has 0 atom stereocenters. The van der Waals surface area contributed by atoms with Crippen LogP contribution >= 0.6 is 0 Å². The molecular weight excluding hydrogens is 1690 g/mol. The van der Waals surface area contributed by atoms with Gasteiger partial charge in [-0.25, -0.2) is 44.9 Å². The van der Waals surface area contributed by atoms with Crippen LogP contribution in [0.2, 0.25) is 0 Å². The molecule has 27 rings (SSSR count). The summed E-state index contributed by atoms with van der Waals surface area (Å²) in [5.41, 5.74) is 25.9. The van der Waals surface area contributed by atoms with Crippen LogP contribution in [0.1, 0.15) is 0 Å². The van der Waals surface area contributed by atoms with Crippen molar-refractivity contribution in [2.24, 2.45) is 0 Å². The molecule has 15 heteroatoms. The Morgan fingerprint density at radius 3 is 0.804 bits per heavy atom. The first kappa shape index (κ1) is 81.0. The fourth-order valence-corrected chi connectivity index (χ4v) is 19.0. The number of rotatable bonds is 14. The zero-order chi connectivity index (χ0) is 91.4. The molecule has 1 aliphatic heterocycles. The van der Waals surface area contributed by atoms with Gasteiger partial charge in [0.25, 0.3) is 0 Å². The summed E-state index contributed by atoms with van der Waals surface area (Å²) < 4.78 is 19.6. The first-order valence-electron chi connectivity index (χ1n) is 46.0. The van der Waals surface area contributed by atoms with E-state index in [1.54, 1.807) is 0 Å². The van der Waals surface area contributed by atoms with Crippen LogP contribution in [0.3, 0.4) is 0 Å². The average Bonchev–Trinajstić information content (AvgIpc) is 1.56. The third-order valence-electron chi connectivity index (χ3n) is 25.6. The van der Waals surface area contributed by atoms with Gasteiger partial charge in [0.2, 0.25) is 0 Å². The first-order chi connectivity index (χ1) is 68.4. The molecule has 0 saturated heterocycles. The molecule has 0 radical (unpaired) electrons. The Labute approximate surface area is 793 Å². The van der Waals surface area contributed by atoms with E-state index in [-0.39, 0.29) is 0 Å². The minimum atomic E-state index is 0.632. The van der Waals surface area contributed by atoms with Gasteiger partial charge in [0.1, 0.15) is 11.2 Å². The highest BCUT2D eigenvalue weighted by atomic mass is 16.5. The molecule has 7 aromatic heterocycles. The van der Waals surface area contributed by atoms with Crippen molar-refractivity contribution in [3.05, 3.63) is 479 Å². The number of anilines is 3. The van der Waals surface area contributed by atoms with Crippen LogP contribution in [0.4, 0.5) is 17.1 Å². The number of nitrogens with zero attached hydrogens (tertiary/aromatic N) is 13. The summed E-state index contributed by atoms with van der Waals surface area (Å²) in [6, 6.07) is 165. The second-order valence-electron chi connectivity index (χ2n) is 33.9. The topological polar surface area (TPSA) is 156 Å². The van der Waals surface area contributed by atoms with Crippen molar-refractivity contribution in [2.75, 3.05) is 4.90 Å². The van der Waals surface area contributed by atoms with Crippen LogP contribution in [0.25, 0.3) is 218 Å². The molecule has 138 heavy (non-hydrogen) atoms. The van der Waals surface area contributed by atoms with E-state index < -0.39 is 0 Å². The molecule has 8 heterocycles. The lowest BCUT2D eigenvalue weighted by atomic mass is 10.0. The maximum Gasteiger partial charge on any atom is 0.164 e. The zero-order valence-corrected chi connectivity index (χ0v) is 74.2. The van der Waals surface area contributed by atoms with Crippen molar-refractivity contribution < 1.29 is 9.15 Å². The van der Waals surface area contributed by atoms with Gasteiger partial charge in [0.05, 0.1) is 49.9 Å². The molecule has 19 aromatic carbocycles. The van der Waals surface area contributed by atoms with Gasteiger partial charge in [-0.05, 0) is 181 Å². The predicted octanol–water partition coefficient (Wildman–Crippen LogP) is 31.1. The first-order valence-corrected chi connectivity index (χ1v) is 46.0. The third-order valence-corrected chi connectivity index (χ3v) is 25.6. The Hall–Kier alpha value is -19.0. The second kappa shape index (κ2) is 35.0. The monoisotopic (exact) mass is 1770 g/mol. The standard InChI is InChI=1S/C51H33N5.C39H24N4O.C33H22N4O/c1-4-14-34(15-5-1)49-52-50(35-16-6-2-7-17-35)54-51(53-49)36-24-28-40(29-25-36)56-46-23-13-11-21-42(46)44-33-38(27-31-48(44)56)37-26-30-47-43(32-37)41-20-10-12-22-45(41)55(47)39-18-8-3-9-19-39;1-3-11-25(12-4-1)37-40-38(26-13-5-2-6-14-26)42-39(41-37)27-19-21-28(22-20-27)43-32-17-9-7-16-31(32)35-33(43)24-23-30-29-15-8-10-18-34(29)44-36(30)35;1-3-11-23(12-4-1)31-34-32(24-13-5-2-6-14-24)36-33(35-31)25-19-21-26(22-20-25)37-27-15-7-9-17-29(27)38-30-18-10-8-16-28(30)37/h1-33H;1-24H;1-22H. The van der Waals surface area contributed by atoms with Gasteiger partial charge in [-0.3, -0.25) is 0 Å². The van der Waals surface area contributed by atoms with Crippen molar-refractivity contribution >= 4 is 104 Å². The summed E-state index contributed by atoms with van der Waals surface area (Å²) in [4.78, 5) is 46.1. The van der Waals surface area contributed by atoms with Crippen molar-refractivity contribution in [3.63, 3.8) is 0 Å². The molecule has 0 saturated carbocycles. The van der Waals surface area contributed by atoms with Crippen molar-refractivity contribution in [3.8, 4) is 142 Å². The summed E-state index contributed by atoms with van der Waals surface area (Å²) in [6.07, 6.45) is 0. The molecule has 0 unspecified atom stereocenters. The van der Waals surface area contributed by atoms with Crippen LogP contribution < -0.4 is 9.64 Å². The molecule has 0 bridgehead atoms. The Bertz CT molecular complexity index is 8860. The average molecular weight is 1770 g/mol. The highest BCUT2D eigenvalue weighted by Crippen LogP contribution is 2.51. The van der Waals surface area contributed by atoms with Gasteiger partial charge in [-0.15, -0.1) is 0 Å². The van der Waals surface area contributed by atoms with E-state index in [2.05, 4.69) is 267 Å². The third kappa shape index (κ3) is 15.0.